The molecule has 1 unspecified atom stereocenters. The van der Waals surface area contributed by atoms with E-state index in [2.05, 4.69) is 4.74 Å². The minimum absolute atomic E-state index is 0.0202. The van der Waals surface area contributed by atoms with Gasteiger partial charge in [0.1, 0.15) is 9.84 Å². The first kappa shape index (κ1) is 16.7. The molecule has 1 rings (SSSR count). The molecule has 114 valence electrons. The van der Waals surface area contributed by atoms with Gasteiger partial charge >= 0.3 is 6.61 Å². The van der Waals surface area contributed by atoms with Crippen molar-refractivity contribution in [1.82, 2.24) is 0 Å². The van der Waals surface area contributed by atoms with Crippen molar-refractivity contribution in [1.29, 1.82) is 0 Å². The van der Waals surface area contributed by atoms with Gasteiger partial charge in [-0.2, -0.15) is 8.78 Å². The van der Waals surface area contributed by atoms with Gasteiger partial charge in [0.2, 0.25) is 0 Å². The van der Waals surface area contributed by atoms with Crippen molar-refractivity contribution in [3.63, 3.8) is 0 Å². The molecule has 0 fully saturated rings. The highest BCUT2D eigenvalue weighted by Crippen LogP contribution is 2.32. The highest BCUT2D eigenvalue weighted by molar-refractivity contribution is 7.90. The number of alkyl halides is 2. The molecule has 0 heterocycles. The van der Waals surface area contributed by atoms with Crippen LogP contribution in [0, 0.1) is 0 Å². The maximum absolute atomic E-state index is 12.3. The Kier molecular flexibility index (Phi) is 5.74. The summed E-state index contributed by atoms with van der Waals surface area (Å²) in [7, 11) is -3.12. The fraction of sp³-hybridized carbons (Fsp3) is 0.538. The third kappa shape index (κ3) is 5.32. The molecule has 1 aromatic rings. The second kappa shape index (κ2) is 6.88. The first-order chi connectivity index (χ1) is 9.23. The fourth-order valence-electron chi connectivity index (χ4n) is 1.84. The second-order valence-corrected chi connectivity index (χ2v) is 6.70. The van der Waals surface area contributed by atoms with Crippen LogP contribution in [0.2, 0.25) is 0 Å². The molecule has 0 aliphatic heterocycles. The summed E-state index contributed by atoms with van der Waals surface area (Å²) in [5.41, 5.74) is 0.695. The van der Waals surface area contributed by atoms with Crippen molar-refractivity contribution in [3.05, 3.63) is 23.8 Å². The standard InChI is InChI=1S/C13H18F2O4S/c1-4-18-12-7-10(9(2)8-20(3,16)17)5-6-11(12)19-13(14)15/h5-7,9,13H,4,8H2,1-3H3. The van der Waals surface area contributed by atoms with E-state index >= 15 is 0 Å². The molecule has 0 saturated carbocycles. The number of sulfone groups is 1. The molecule has 0 N–H and O–H groups in total. The van der Waals surface area contributed by atoms with Crippen LogP contribution in [-0.4, -0.2) is 33.6 Å². The molecular weight excluding hydrogens is 290 g/mol. The van der Waals surface area contributed by atoms with Gasteiger partial charge in [0.05, 0.1) is 12.4 Å². The summed E-state index contributed by atoms with van der Waals surface area (Å²) < 4.78 is 56.7. The topological polar surface area (TPSA) is 52.6 Å². The Labute approximate surface area is 117 Å². The Balaban J connectivity index is 3.02. The molecular formula is C13H18F2O4S. The second-order valence-electron chi connectivity index (χ2n) is 4.51. The number of hydrogen-bond donors (Lipinski definition) is 0. The van der Waals surface area contributed by atoms with Crippen LogP contribution in [-0.2, 0) is 9.84 Å². The Morgan fingerprint density at radius 1 is 1.25 bits per heavy atom. The zero-order valence-electron chi connectivity index (χ0n) is 11.6. The lowest BCUT2D eigenvalue weighted by atomic mass is 10.0. The van der Waals surface area contributed by atoms with Gasteiger partial charge < -0.3 is 9.47 Å². The van der Waals surface area contributed by atoms with E-state index in [1.165, 1.54) is 12.1 Å². The minimum atomic E-state index is -3.12. The molecule has 1 atom stereocenters. The lowest BCUT2D eigenvalue weighted by Crippen LogP contribution is -2.11. The van der Waals surface area contributed by atoms with Gasteiger partial charge in [-0.25, -0.2) is 8.42 Å². The minimum Gasteiger partial charge on any atom is -0.490 e. The van der Waals surface area contributed by atoms with Crippen LogP contribution in [0.25, 0.3) is 0 Å². The molecule has 0 aliphatic rings. The summed E-state index contributed by atoms with van der Waals surface area (Å²) in [6.07, 6.45) is 1.15. The summed E-state index contributed by atoms with van der Waals surface area (Å²) in [6, 6.07) is 4.47. The molecule has 0 aromatic heterocycles. The summed E-state index contributed by atoms with van der Waals surface area (Å²) >= 11 is 0. The molecule has 7 heteroatoms. The Morgan fingerprint density at radius 3 is 2.40 bits per heavy atom. The van der Waals surface area contributed by atoms with Crippen molar-refractivity contribution in [2.24, 2.45) is 0 Å². The largest absolute Gasteiger partial charge is 0.490 e. The summed E-state index contributed by atoms with van der Waals surface area (Å²) in [4.78, 5) is 0. The fourth-order valence-corrected chi connectivity index (χ4v) is 2.94. The van der Waals surface area contributed by atoms with Crippen LogP contribution >= 0.6 is 0 Å². The van der Waals surface area contributed by atoms with E-state index in [4.69, 9.17) is 4.74 Å². The molecule has 0 bridgehead atoms. The number of rotatable bonds is 7. The molecule has 0 amide bonds. The van der Waals surface area contributed by atoms with Crippen LogP contribution < -0.4 is 9.47 Å². The zero-order valence-corrected chi connectivity index (χ0v) is 12.4. The Hall–Kier alpha value is -1.37. The maximum Gasteiger partial charge on any atom is 0.387 e. The van der Waals surface area contributed by atoms with Gasteiger partial charge in [0.15, 0.2) is 11.5 Å². The van der Waals surface area contributed by atoms with Crippen molar-refractivity contribution < 1.29 is 26.7 Å². The SMILES string of the molecule is CCOc1cc(C(C)CS(C)(=O)=O)ccc1OC(F)F. The number of ether oxygens (including phenoxy) is 2. The van der Waals surface area contributed by atoms with Gasteiger partial charge in [-0.1, -0.05) is 13.0 Å². The summed E-state index contributed by atoms with van der Waals surface area (Å²) in [6.45, 7) is 0.829. The third-order valence-electron chi connectivity index (χ3n) is 2.61. The highest BCUT2D eigenvalue weighted by Gasteiger charge is 2.17. The van der Waals surface area contributed by atoms with Crippen LogP contribution in [0.1, 0.15) is 25.3 Å². The van der Waals surface area contributed by atoms with Gasteiger partial charge in [-0.3, -0.25) is 0 Å². The number of benzene rings is 1. The van der Waals surface area contributed by atoms with E-state index in [-0.39, 0.29) is 23.2 Å². The molecule has 0 radical (unpaired) electrons. The van der Waals surface area contributed by atoms with Gasteiger partial charge in [0.25, 0.3) is 0 Å². The molecule has 0 spiro atoms. The average Bonchev–Trinajstić information content (AvgIpc) is 2.28. The van der Waals surface area contributed by atoms with E-state index in [1.807, 2.05) is 0 Å². The molecule has 1 aromatic carbocycles. The molecule has 20 heavy (non-hydrogen) atoms. The summed E-state index contributed by atoms with van der Waals surface area (Å²) in [5.74, 6) is -0.152. The number of hydrogen-bond acceptors (Lipinski definition) is 4. The van der Waals surface area contributed by atoms with E-state index in [9.17, 15) is 17.2 Å². The lowest BCUT2D eigenvalue weighted by molar-refractivity contribution is -0.0514. The summed E-state index contributed by atoms with van der Waals surface area (Å²) in [5, 5.41) is 0. The van der Waals surface area contributed by atoms with Gasteiger partial charge in [-0.15, -0.1) is 0 Å². The smallest absolute Gasteiger partial charge is 0.387 e. The van der Waals surface area contributed by atoms with Crippen molar-refractivity contribution in [3.8, 4) is 11.5 Å². The normalized spacial score (nSPS) is 13.3. The van der Waals surface area contributed by atoms with Crippen LogP contribution in [0.3, 0.4) is 0 Å². The molecule has 0 saturated heterocycles. The maximum atomic E-state index is 12.3. The van der Waals surface area contributed by atoms with E-state index < -0.39 is 16.4 Å². The predicted molar refractivity (Wildman–Crippen MR) is 72.4 cm³/mol. The quantitative estimate of drug-likeness (QED) is 0.777. The third-order valence-corrected chi connectivity index (χ3v) is 3.71. The monoisotopic (exact) mass is 308 g/mol. The van der Waals surface area contributed by atoms with E-state index in [1.54, 1.807) is 19.9 Å². The average molecular weight is 308 g/mol. The van der Waals surface area contributed by atoms with Gasteiger partial charge in [-0.05, 0) is 30.5 Å². The zero-order chi connectivity index (χ0) is 15.3. The van der Waals surface area contributed by atoms with Crippen LogP contribution in [0.4, 0.5) is 8.78 Å². The first-order valence-electron chi connectivity index (χ1n) is 6.12. The van der Waals surface area contributed by atoms with Gasteiger partial charge in [0, 0.05) is 6.26 Å². The van der Waals surface area contributed by atoms with Crippen LogP contribution in [0.5, 0.6) is 11.5 Å². The lowest BCUT2D eigenvalue weighted by Gasteiger charge is -2.15. The highest BCUT2D eigenvalue weighted by atomic mass is 32.2. The number of halogens is 2. The van der Waals surface area contributed by atoms with Crippen molar-refractivity contribution in [2.75, 3.05) is 18.6 Å². The van der Waals surface area contributed by atoms with E-state index in [0.717, 1.165) is 6.26 Å². The van der Waals surface area contributed by atoms with Crippen molar-refractivity contribution >= 4 is 9.84 Å². The molecule has 4 nitrogen and oxygen atoms in total. The van der Waals surface area contributed by atoms with E-state index in [0.29, 0.717) is 12.2 Å². The predicted octanol–water partition coefficient (Wildman–Crippen LogP) is 2.83. The van der Waals surface area contributed by atoms with Crippen molar-refractivity contribution in [2.45, 2.75) is 26.4 Å². The Morgan fingerprint density at radius 2 is 1.90 bits per heavy atom. The first-order valence-corrected chi connectivity index (χ1v) is 8.18. The molecule has 0 aliphatic carbocycles. The van der Waals surface area contributed by atoms with Crippen LogP contribution in [0.15, 0.2) is 18.2 Å². The Bertz CT molecular complexity index is 543.